The minimum absolute atomic E-state index is 0.0559. The summed E-state index contributed by atoms with van der Waals surface area (Å²) in [6.45, 7) is 7.98. The minimum atomic E-state index is -4.43. The molecule has 0 bridgehead atoms. The molecule has 0 spiro atoms. The highest BCUT2D eigenvalue weighted by Gasteiger charge is 2.40. The SMILES string of the molecule is CC(C)c1cc2c(c(C3CCCC3)c1[C@@H](O)c1ccc(C(F)(F)F)cc1)[C@@H](O)CC(C)(C)O2. The summed E-state index contributed by atoms with van der Waals surface area (Å²) in [7, 11) is 0. The van der Waals surface area contributed by atoms with Crippen molar-refractivity contribution in [3.05, 3.63) is 63.7 Å². The van der Waals surface area contributed by atoms with Crippen LogP contribution in [0.15, 0.2) is 30.3 Å². The molecule has 2 aromatic carbocycles. The second kappa shape index (κ2) is 8.62. The third kappa shape index (κ3) is 4.65. The maximum Gasteiger partial charge on any atom is 0.416 e. The molecule has 0 saturated heterocycles. The van der Waals surface area contributed by atoms with Crippen molar-refractivity contribution in [3.8, 4) is 5.75 Å². The number of hydrogen-bond acceptors (Lipinski definition) is 3. The van der Waals surface area contributed by atoms with Crippen molar-refractivity contribution in [2.45, 2.75) is 95.6 Å². The number of ether oxygens (including phenoxy) is 1. The van der Waals surface area contributed by atoms with Gasteiger partial charge in [0.2, 0.25) is 0 Å². The normalized spacial score (nSPS) is 21.7. The smallest absolute Gasteiger partial charge is 0.416 e. The number of rotatable bonds is 4. The Bertz CT molecular complexity index is 1000. The molecule has 33 heavy (non-hydrogen) atoms. The summed E-state index contributed by atoms with van der Waals surface area (Å²) < 4.78 is 45.5. The molecule has 2 aliphatic rings. The molecule has 1 fully saturated rings. The van der Waals surface area contributed by atoms with Crippen LogP contribution in [-0.4, -0.2) is 15.8 Å². The van der Waals surface area contributed by atoms with Gasteiger partial charge in [-0.05, 0) is 79.0 Å². The van der Waals surface area contributed by atoms with Crippen LogP contribution < -0.4 is 4.74 Å². The topological polar surface area (TPSA) is 49.7 Å². The molecule has 0 unspecified atom stereocenters. The second-order valence-electron chi connectivity index (χ2n) is 10.4. The van der Waals surface area contributed by atoms with Crippen LogP contribution in [-0.2, 0) is 6.18 Å². The molecule has 2 aromatic rings. The van der Waals surface area contributed by atoms with Gasteiger partial charge >= 0.3 is 6.18 Å². The van der Waals surface area contributed by atoms with Crippen LogP contribution in [0.2, 0.25) is 0 Å². The summed E-state index contributed by atoms with van der Waals surface area (Å²) in [6, 6.07) is 6.66. The molecule has 1 aliphatic heterocycles. The van der Waals surface area contributed by atoms with E-state index in [2.05, 4.69) is 0 Å². The maximum absolute atomic E-state index is 13.1. The van der Waals surface area contributed by atoms with Gasteiger partial charge in [-0.25, -0.2) is 0 Å². The molecule has 2 N–H and O–H groups in total. The fourth-order valence-electron chi connectivity index (χ4n) is 5.52. The van der Waals surface area contributed by atoms with Gasteiger partial charge < -0.3 is 14.9 Å². The van der Waals surface area contributed by atoms with Crippen molar-refractivity contribution in [1.29, 1.82) is 0 Å². The number of fused-ring (bicyclic) bond motifs is 1. The van der Waals surface area contributed by atoms with Gasteiger partial charge in [0.25, 0.3) is 0 Å². The van der Waals surface area contributed by atoms with Gasteiger partial charge in [0, 0.05) is 12.0 Å². The average Bonchev–Trinajstić information content (AvgIpc) is 3.25. The summed E-state index contributed by atoms with van der Waals surface area (Å²) in [6.07, 6.45) is -1.74. The predicted octanol–water partition coefficient (Wildman–Crippen LogP) is 7.16. The standard InChI is InChI=1S/C27H33F3O3/c1-15(2)19-13-21-24(20(31)14-26(3,4)33-21)22(16-7-5-6-8-16)23(19)25(32)17-9-11-18(12-10-17)27(28,29)30/h9-13,15-16,20,25,31-32H,5-8,14H2,1-4H3/t20-,25-/m0/s1. The first-order valence-corrected chi connectivity index (χ1v) is 11.8. The first-order valence-electron chi connectivity index (χ1n) is 11.8. The molecular formula is C27H33F3O3. The van der Waals surface area contributed by atoms with Crippen molar-refractivity contribution in [2.24, 2.45) is 0 Å². The number of halogens is 3. The average molecular weight is 463 g/mol. The van der Waals surface area contributed by atoms with Crippen LogP contribution >= 0.6 is 0 Å². The first-order chi connectivity index (χ1) is 15.4. The van der Waals surface area contributed by atoms with Crippen LogP contribution in [0.1, 0.15) is 117 Å². The zero-order valence-electron chi connectivity index (χ0n) is 19.7. The third-order valence-corrected chi connectivity index (χ3v) is 7.06. The monoisotopic (exact) mass is 462 g/mol. The summed E-state index contributed by atoms with van der Waals surface area (Å²) in [5, 5.41) is 22.7. The number of aliphatic hydroxyl groups is 2. The molecule has 6 heteroatoms. The van der Waals surface area contributed by atoms with Gasteiger partial charge in [-0.2, -0.15) is 13.2 Å². The van der Waals surface area contributed by atoms with E-state index in [4.69, 9.17) is 4.74 Å². The Morgan fingerprint density at radius 1 is 1.03 bits per heavy atom. The second-order valence-corrected chi connectivity index (χ2v) is 10.4. The van der Waals surface area contributed by atoms with Crippen molar-refractivity contribution >= 4 is 0 Å². The molecule has 0 radical (unpaired) electrons. The van der Waals surface area contributed by atoms with Crippen LogP contribution in [0.25, 0.3) is 0 Å². The number of benzene rings is 2. The number of aliphatic hydroxyl groups excluding tert-OH is 2. The fourth-order valence-corrected chi connectivity index (χ4v) is 5.52. The van der Waals surface area contributed by atoms with Gasteiger partial charge in [-0.3, -0.25) is 0 Å². The van der Waals surface area contributed by atoms with Crippen molar-refractivity contribution in [2.75, 3.05) is 0 Å². The molecule has 1 saturated carbocycles. The maximum atomic E-state index is 13.1. The van der Waals surface area contributed by atoms with Gasteiger partial charge in [0.1, 0.15) is 17.5 Å². The van der Waals surface area contributed by atoms with E-state index in [0.717, 1.165) is 60.1 Å². The van der Waals surface area contributed by atoms with Crippen LogP contribution in [0.3, 0.4) is 0 Å². The molecular weight excluding hydrogens is 429 g/mol. The molecule has 180 valence electrons. The van der Waals surface area contributed by atoms with Gasteiger partial charge in [0.15, 0.2) is 0 Å². The van der Waals surface area contributed by atoms with Crippen molar-refractivity contribution < 1.29 is 28.1 Å². The largest absolute Gasteiger partial charge is 0.487 e. The number of hydrogen-bond donors (Lipinski definition) is 2. The lowest BCUT2D eigenvalue weighted by Crippen LogP contribution is -2.36. The molecule has 0 aromatic heterocycles. The Hall–Kier alpha value is -2.05. The lowest BCUT2D eigenvalue weighted by molar-refractivity contribution is -0.137. The van der Waals surface area contributed by atoms with Crippen molar-refractivity contribution in [3.63, 3.8) is 0 Å². The highest BCUT2D eigenvalue weighted by atomic mass is 19.4. The summed E-state index contributed by atoms with van der Waals surface area (Å²) in [5.41, 5.74) is 2.47. The molecule has 1 heterocycles. The highest BCUT2D eigenvalue weighted by molar-refractivity contribution is 5.57. The Morgan fingerprint density at radius 2 is 1.64 bits per heavy atom. The van der Waals surface area contributed by atoms with E-state index in [1.165, 1.54) is 12.1 Å². The van der Waals surface area contributed by atoms with E-state index >= 15 is 0 Å². The fraction of sp³-hybridized carbons (Fsp3) is 0.556. The van der Waals surface area contributed by atoms with E-state index < -0.39 is 29.5 Å². The lowest BCUT2D eigenvalue weighted by atomic mass is 9.76. The third-order valence-electron chi connectivity index (χ3n) is 7.06. The van der Waals surface area contributed by atoms with E-state index in [-0.39, 0.29) is 11.8 Å². The Kier molecular flexibility index (Phi) is 6.29. The van der Waals surface area contributed by atoms with Gasteiger partial charge in [-0.15, -0.1) is 0 Å². The lowest BCUT2D eigenvalue weighted by Gasteiger charge is -2.39. The van der Waals surface area contributed by atoms with E-state index in [1.807, 2.05) is 33.8 Å². The molecule has 3 nitrogen and oxygen atoms in total. The summed E-state index contributed by atoms with van der Waals surface area (Å²) in [4.78, 5) is 0. The first kappa shape index (κ1) is 24.1. The van der Waals surface area contributed by atoms with E-state index in [9.17, 15) is 23.4 Å². The molecule has 2 atom stereocenters. The Balaban J connectivity index is 1.92. The zero-order chi connectivity index (χ0) is 24.1. The van der Waals surface area contributed by atoms with Crippen LogP contribution in [0.4, 0.5) is 13.2 Å². The van der Waals surface area contributed by atoms with Gasteiger partial charge in [-0.1, -0.05) is 38.8 Å². The number of alkyl halides is 3. The van der Waals surface area contributed by atoms with E-state index in [0.29, 0.717) is 17.7 Å². The predicted molar refractivity (Wildman–Crippen MR) is 122 cm³/mol. The molecule has 1 aliphatic carbocycles. The highest BCUT2D eigenvalue weighted by Crippen LogP contribution is 2.51. The molecule has 4 rings (SSSR count). The van der Waals surface area contributed by atoms with Crippen LogP contribution in [0.5, 0.6) is 5.75 Å². The van der Waals surface area contributed by atoms with Crippen LogP contribution in [0, 0.1) is 0 Å². The minimum Gasteiger partial charge on any atom is -0.487 e. The summed E-state index contributed by atoms with van der Waals surface area (Å²) in [5.74, 6) is 0.893. The molecule has 0 amide bonds. The van der Waals surface area contributed by atoms with Crippen molar-refractivity contribution in [1.82, 2.24) is 0 Å². The Morgan fingerprint density at radius 3 is 2.18 bits per heavy atom. The Labute approximate surface area is 193 Å². The zero-order valence-corrected chi connectivity index (χ0v) is 19.7. The quantitative estimate of drug-likeness (QED) is 0.507. The summed E-state index contributed by atoms with van der Waals surface area (Å²) >= 11 is 0. The van der Waals surface area contributed by atoms with E-state index in [1.54, 1.807) is 0 Å². The van der Waals surface area contributed by atoms with Gasteiger partial charge in [0.05, 0.1) is 11.7 Å².